The summed E-state index contributed by atoms with van der Waals surface area (Å²) in [7, 11) is 0. The van der Waals surface area contributed by atoms with Gasteiger partial charge in [-0.3, -0.25) is 14.4 Å². The van der Waals surface area contributed by atoms with Crippen molar-refractivity contribution in [2.24, 2.45) is 0 Å². The summed E-state index contributed by atoms with van der Waals surface area (Å²) in [6.45, 7) is 0. The van der Waals surface area contributed by atoms with Gasteiger partial charge < -0.3 is 10.6 Å². The molecule has 2 aromatic heterocycles. The van der Waals surface area contributed by atoms with Gasteiger partial charge in [0.05, 0.1) is 4.88 Å². The van der Waals surface area contributed by atoms with Gasteiger partial charge >= 0.3 is 0 Å². The topological polar surface area (TPSA) is 104 Å². The molecule has 1 aromatic carbocycles. The second-order valence-corrected chi connectivity index (χ2v) is 5.72. The molecule has 0 saturated carbocycles. The fourth-order valence-corrected chi connectivity index (χ4v) is 2.56. The highest BCUT2D eigenvalue weighted by Gasteiger charge is 2.10. The zero-order valence-corrected chi connectivity index (χ0v) is 13.1. The molecule has 3 aromatic rings. The average Bonchev–Trinajstić information content (AvgIpc) is 3.10. The maximum atomic E-state index is 12.1. The molecule has 3 N–H and O–H groups in total. The van der Waals surface area contributed by atoms with Crippen LogP contribution in [-0.2, 0) is 0 Å². The van der Waals surface area contributed by atoms with Crippen molar-refractivity contribution >= 4 is 34.5 Å². The van der Waals surface area contributed by atoms with Crippen LogP contribution in [0.3, 0.4) is 0 Å². The lowest BCUT2D eigenvalue weighted by atomic mass is 10.2. The van der Waals surface area contributed by atoms with Crippen LogP contribution in [0.15, 0.2) is 58.7 Å². The molecular weight excluding hydrogens is 328 g/mol. The molecule has 0 saturated heterocycles. The van der Waals surface area contributed by atoms with E-state index in [2.05, 4.69) is 20.8 Å². The third kappa shape index (κ3) is 3.73. The molecule has 0 aliphatic heterocycles. The summed E-state index contributed by atoms with van der Waals surface area (Å²) in [5.41, 5.74) is 0.755. The van der Waals surface area contributed by atoms with Crippen LogP contribution in [-0.4, -0.2) is 22.0 Å². The third-order valence-corrected chi connectivity index (χ3v) is 3.90. The van der Waals surface area contributed by atoms with Gasteiger partial charge in [-0.15, -0.1) is 11.3 Å². The SMILES string of the molecule is O=C(Nc1cccc(NC(=O)c2cccs2)c1)c1ccc(=O)[nH]n1. The number of carbonyl (C=O) groups is 2. The fourth-order valence-electron chi connectivity index (χ4n) is 1.94. The van der Waals surface area contributed by atoms with Crippen molar-refractivity contribution in [2.75, 3.05) is 10.6 Å². The molecule has 0 spiro atoms. The number of anilines is 2. The Bertz CT molecular complexity index is 914. The Kier molecular flexibility index (Phi) is 4.48. The normalized spacial score (nSPS) is 10.2. The van der Waals surface area contributed by atoms with E-state index in [1.165, 1.54) is 23.5 Å². The summed E-state index contributed by atoms with van der Waals surface area (Å²) in [5, 5.41) is 13.1. The molecular formula is C16H12N4O3S. The highest BCUT2D eigenvalue weighted by molar-refractivity contribution is 7.12. The molecule has 0 fully saturated rings. The van der Waals surface area contributed by atoms with Gasteiger partial charge in [0.25, 0.3) is 17.4 Å². The molecule has 0 bridgehead atoms. The quantitative estimate of drug-likeness (QED) is 0.678. The highest BCUT2D eigenvalue weighted by atomic mass is 32.1. The van der Waals surface area contributed by atoms with Gasteiger partial charge in [-0.25, -0.2) is 5.10 Å². The Labute approximate surface area is 140 Å². The van der Waals surface area contributed by atoms with Crippen LogP contribution in [0.25, 0.3) is 0 Å². The maximum Gasteiger partial charge on any atom is 0.276 e. The second kappa shape index (κ2) is 6.88. The maximum absolute atomic E-state index is 12.1. The van der Waals surface area contributed by atoms with Crippen molar-refractivity contribution in [2.45, 2.75) is 0 Å². The van der Waals surface area contributed by atoms with E-state index in [-0.39, 0.29) is 17.2 Å². The molecule has 0 aliphatic carbocycles. The lowest BCUT2D eigenvalue weighted by molar-refractivity contribution is 0.101. The van der Waals surface area contributed by atoms with Crippen molar-refractivity contribution in [1.29, 1.82) is 0 Å². The largest absolute Gasteiger partial charge is 0.321 e. The lowest BCUT2D eigenvalue weighted by Crippen LogP contribution is -2.17. The minimum absolute atomic E-state index is 0.0858. The smallest absolute Gasteiger partial charge is 0.276 e. The van der Waals surface area contributed by atoms with Gasteiger partial charge in [0.15, 0.2) is 0 Å². The van der Waals surface area contributed by atoms with E-state index in [9.17, 15) is 14.4 Å². The molecule has 120 valence electrons. The van der Waals surface area contributed by atoms with Gasteiger partial charge in [0, 0.05) is 17.4 Å². The van der Waals surface area contributed by atoms with Crippen LogP contribution in [0.4, 0.5) is 11.4 Å². The van der Waals surface area contributed by atoms with Crippen LogP contribution in [0.1, 0.15) is 20.2 Å². The molecule has 0 aliphatic rings. The Hall–Kier alpha value is -3.26. The zero-order valence-electron chi connectivity index (χ0n) is 12.3. The molecule has 7 nitrogen and oxygen atoms in total. The Morgan fingerprint density at radius 1 is 0.958 bits per heavy atom. The average molecular weight is 340 g/mol. The van der Waals surface area contributed by atoms with Crippen molar-refractivity contribution in [3.63, 3.8) is 0 Å². The highest BCUT2D eigenvalue weighted by Crippen LogP contribution is 2.18. The lowest BCUT2D eigenvalue weighted by Gasteiger charge is -2.08. The van der Waals surface area contributed by atoms with Crippen LogP contribution >= 0.6 is 11.3 Å². The molecule has 3 rings (SSSR count). The molecule has 2 heterocycles. The van der Waals surface area contributed by atoms with Gasteiger partial charge in [0.1, 0.15) is 5.69 Å². The molecule has 0 unspecified atom stereocenters. The van der Waals surface area contributed by atoms with Crippen LogP contribution < -0.4 is 16.2 Å². The Morgan fingerprint density at radius 3 is 2.33 bits per heavy atom. The summed E-state index contributed by atoms with van der Waals surface area (Å²) >= 11 is 1.34. The van der Waals surface area contributed by atoms with E-state index < -0.39 is 5.91 Å². The number of nitrogens with zero attached hydrogens (tertiary/aromatic N) is 1. The molecule has 2 amide bonds. The monoisotopic (exact) mass is 340 g/mol. The Morgan fingerprint density at radius 2 is 1.71 bits per heavy atom. The first-order valence-corrected chi connectivity index (χ1v) is 7.82. The predicted octanol–water partition coefficient (Wildman–Crippen LogP) is 2.34. The van der Waals surface area contributed by atoms with Gasteiger partial charge in [0.2, 0.25) is 0 Å². The number of hydrogen-bond acceptors (Lipinski definition) is 5. The first kappa shape index (κ1) is 15.6. The number of thiophene rings is 1. The third-order valence-electron chi connectivity index (χ3n) is 3.04. The molecule has 24 heavy (non-hydrogen) atoms. The first-order valence-electron chi connectivity index (χ1n) is 6.94. The standard InChI is InChI=1S/C16H12N4O3S/c21-14-7-6-12(19-20-14)15(22)17-10-3-1-4-11(9-10)18-16(23)13-5-2-8-24-13/h1-9H,(H,17,22)(H,18,23)(H,20,21). The number of H-pyrrole nitrogens is 1. The fraction of sp³-hybridized carbons (Fsp3) is 0. The first-order chi connectivity index (χ1) is 11.6. The number of amides is 2. The predicted molar refractivity (Wildman–Crippen MR) is 91.5 cm³/mol. The minimum atomic E-state index is -0.465. The van der Waals surface area contributed by atoms with Crippen molar-refractivity contribution in [3.8, 4) is 0 Å². The summed E-state index contributed by atoms with van der Waals surface area (Å²) in [6, 6.07) is 12.8. The minimum Gasteiger partial charge on any atom is -0.321 e. The van der Waals surface area contributed by atoms with Crippen molar-refractivity contribution in [3.05, 3.63) is 74.8 Å². The summed E-state index contributed by atoms with van der Waals surface area (Å²) in [6.07, 6.45) is 0. The Balaban J connectivity index is 1.71. The van der Waals surface area contributed by atoms with E-state index in [1.54, 1.807) is 36.4 Å². The van der Waals surface area contributed by atoms with Gasteiger partial charge in [-0.2, -0.15) is 5.10 Å². The zero-order chi connectivity index (χ0) is 16.9. The number of aromatic amines is 1. The van der Waals surface area contributed by atoms with Crippen LogP contribution in [0.2, 0.25) is 0 Å². The van der Waals surface area contributed by atoms with E-state index in [0.717, 1.165) is 0 Å². The van der Waals surface area contributed by atoms with Crippen LogP contribution in [0.5, 0.6) is 0 Å². The van der Waals surface area contributed by atoms with Gasteiger partial charge in [-0.1, -0.05) is 12.1 Å². The summed E-state index contributed by atoms with van der Waals surface area (Å²) in [5.74, 6) is -0.677. The summed E-state index contributed by atoms with van der Waals surface area (Å²) in [4.78, 5) is 35.7. The number of rotatable bonds is 4. The van der Waals surface area contributed by atoms with E-state index in [1.807, 2.05) is 5.38 Å². The molecule has 0 radical (unpaired) electrons. The number of benzene rings is 1. The van der Waals surface area contributed by atoms with Crippen molar-refractivity contribution < 1.29 is 9.59 Å². The summed E-state index contributed by atoms with van der Waals surface area (Å²) < 4.78 is 0. The van der Waals surface area contributed by atoms with Gasteiger partial charge in [-0.05, 0) is 35.7 Å². The molecule has 8 heteroatoms. The van der Waals surface area contributed by atoms with Crippen LogP contribution in [0, 0.1) is 0 Å². The second-order valence-electron chi connectivity index (χ2n) is 4.77. The van der Waals surface area contributed by atoms with E-state index >= 15 is 0 Å². The van der Waals surface area contributed by atoms with Crippen molar-refractivity contribution in [1.82, 2.24) is 10.2 Å². The molecule has 0 atom stereocenters. The number of carbonyl (C=O) groups excluding carboxylic acids is 2. The number of hydrogen-bond donors (Lipinski definition) is 3. The number of aromatic nitrogens is 2. The van der Waals surface area contributed by atoms with E-state index in [0.29, 0.717) is 16.3 Å². The number of nitrogens with one attached hydrogen (secondary N) is 3. The van der Waals surface area contributed by atoms with E-state index in [4.69, 9.17) is 0 Å².